The number of hydrogen-bond acceptors (Lipinski definition) is 3. The largest absolute Gasteiger partial charge is 0.481 e. The molecule has 2 atom stereocenters. The molecule has 16 heavy (non-hydrogen) atoms. The molecule has 1 amide bonds. The maximum absolute atomic E-state index is 11.5. The van der Waals surface area contributed by atoms with E-state index in [-0.39, 0.29) is 16.6 Å². The highest BCUT2D eigenvalue weighted by atomic mass is 32.2. The monoisotopic (exact) mass is 245 g/mol. The summed E-state index contributed by atoms with van der Waals surface area (Å²) in [5.74, 6) is -0.849. The summed E-state index contributed by atoms with van der Waals surface area (Å²) in [7, 11) is 0. The molecular weight excluding hydrogens is 226 g/mol. The predicted octanol–water partition coefficient (Wildman–Crippen LogP) is 1.35. The maximum Gasteiger partial charge on any atom is 0.307 e. The Balaban J connectivity index is 2.11. The molecule has 2 N–H and O–H groups in total. The molecule has 1 saturated carbocycles. The number of hydrogen-bond donors (Lipinski definition) is 2. The fourth-order valence-electron chi connectivity index (χ4n) is 1.42. The van der Waals surface area contributed by atoms with Crippen LogP contribution in [0, 0.1) is 11.8 Å². The minimum absolute atomic E-state index is 0.109. The normalized spacial score (nSPS) is 23.9. The molecule has 1 aliphatic carbocycles. The number of aliphatic carboxylic acids is 1. The highest BCUT2D eigenvalue weighted by Crippen LogP contribution is 2.38. The van der Waals surface area contributed by atoms with Crippen molar-refractivity contribution in [1.82, 2.24) is 5.32 Å². The van der Waals surface area contributed by atoms with E-state index in [9.17, 15) is 9.59 Å². The predicted molar refractivity (Wildman–Crippen MR) is 64.5 cm³/mol. The number of carbonyl (C=O) groups excluding carboxylic acids is 1. The van der Waals surface area contributed by atoms with Crippen molar-refractivity contribution in [1.29, 1.82) is 0 Å². The lowest BCUT2D eigenvalue weighted by atomic mass is 10.3. The summed E-state index contributed by atoms with van der Waals surface area (Å²) in [4.78, 5) is 22.0. The van der Waals surface area contributed by atoms with Crippen molar-refractivity contribution in [3.05, 3.63) is 0 Å². The summed E-state index contributed by atoms with van der Waals surface area (Å²) < 4.78 is 0.202. The molecule has 0 saturated heterocycles. The summed E-state index contributed by atoms with van der Waals surface area (Å²) in [5, 5.41) is 11.4. The summed E-state index contributed by atoms with van der Waals surface area (Å²) in [6.45, 7) is 6.99. The van der Waals surface area contributed by atoms with Crippen LogP contribution in [0.2, 0.25) is 0 Å². The van der Waals surface area contributed by atoms with Crippen LogP contribution in [0.1, 0.15) is 27.2 Å². The van der Waals surface area contributed by atoms with Crippen LogP contribution in [-0.2, 0) is 9.59 Å². The average Bonchev–Trinajstić information content (AvgIpc) is 2.89. The lowest BCUT2D eigenvalue weighted by Crippen LogP contribution is -2.29. The molecule has 1 rings (SSSR count). The van der Waals surface area contributed by atoms with Crippen LogP contribution in [-0.4, -0.2) is 34.0 Å². The van der Waals surface area contributed by atoms with Crippen LogP contribution in [0.5, 0.6) is 0 Å². The smallest absolute Gasteiger partial charge is 0.307 e. The Morgan fingerprint density at radius 2 is 2.00 bits per heavy atom. The zero-order valence-corrected chi connectivity index (χ0v) is 10.8. The van der Waals surface area contributed by atoms with Gasteiger partial charge < -0.3 is 10.4 Å². The quantitative estimate of drug-likeness (QED) is 0.718. The first kappa shape index (κ1) is 13.4. The maximum atomic E-state index is 11.5. The second-order valence-corrected chi connectivity index (χ2v) is 6.96. The molecule has 0 spiro atoms. The van der Waals surface area contributed by atoms with Gasteiger partial charge in [-0.2, -0.15) is 11.8 Å². The second kappa shape index (κ2) is 5.08. The van der Waals surface area contributed by atoms with Gasteiger partial charge in [0.2, 0.25) is 5.91 Å². The first-order chi connectivity index (χ1) is 7.31. The van der Waals surface area contributed by atoms with E-state index in [1.165, 1.54) is 0 Å². The standard InChI is InChI=1S/C11H19NO3S/c1-11(2,3)16-5-4-12-9(13)7-6-8(7)10(14)15/h7-8H,4-6H2,1-3H3,(H,12,13)(H,14,15)/t7-,8+/m1/s1. The number of thioether (sulfide) groups is 1. The Morgan fingerprint density at radius 1 is 1.38 bits per heavy atom. The molecule has 0 aromatic rings. The van der Waals surface area contributed by atoms with E-state index in [1.54, 1.807) is 11.8 Å². The van der Waals surface area contributed by atoms with Gasteiger partial charge in [0.1, 0.15) is 0 Å². The Labute approximate surface area is 100 Å². The van der Waals surface area contributed by atoms with Crippen molar-refractivity contribution in [3.8, 4) is 0 Å². The van der Waals surface area contributed by atoms with Crippen molar-refractivity contribution < 1.29 is 14.7 Å². The molecule has 0 unspecified atom stereocenters. The van der Waals surface area contributed by atoms with Crippen LogP contribution in [0.25, 0.3) is 0 Å². The van der Waals surface area contributed by atoms with Crippen LogP contribution < -0.4 is 5.32 Å². The molecule has 1 aliphatic rings. The third kappa shape index (κ3) is 4.43. The Hall–Kier alpha value is -0.710. The number of rotatable bonds is 5. The molecule has 0 aromatic carbocycles. The van der Waals surface area contributed by atoms with E-state index in [0.29, 0.717) is 13.0 Å². The van der Waals surface area contributed by atoms with Gasteiger partial charge >= 0.3 is 5.97 Å². The molecule has 0 aromatic heterocycles. The summed E-state index contributed by atoms with van der Waals surface area (Å²) in [6.07, 6.45) is 0.494. The minimum atomic E-state index is -0.857. The van der Waals surface area contributed by atoms with Gasteiger partial charge in [0.15, 0.2) is 0 Å². The molecule has 0 bridgehead atoms. The van der Waals surface area contributed by atoms with E-state index in [4.69, 9.17) is 5.11 Å². The minimum Gasteiger partial charge on any atom is -0.481 e. The van der Waals surface area contributed by atoms with Gasteiger partial charge in [-0.05, 0) is 6.42 Å². The summed E-state index contributed by atoms with van der Waals surface area (Å²) >= 11 is 1.78. The third-order valence-corrected chi connectivity index (χ3v) is 3.66. The third-order valence-electron chi connectivity index (χ3n) is 2.38. The van der Waals surface area contributed by atoms with Crippen LogP contribution in [0.4, 0.5) is 0 Å². The lowest BCUT2D eigenvalue weighted by molar-refractivity contribution is -0.140. The zero-order valence-electron chi connectivity index (χ0n) is 9.95. The first-order valence-electron chi connectivity index (χ1n) is 5.46. The summed E-state index contributed by atoms with van der Waals surface area (Å²) in [6, 6.07) is 0. The Kier molecular flexibility index (Phi) is 4.24. The van der Waals surface area contributed by atoms with Crippen LogP contribution in [0.3, 0.4) is 0 Å². The number of carboxylic acids is 1. The molecule has 1 fully saturated rings. The molecule has 0 heterocycles. The van der Waals surface area contributed by atoms with Gasteiger partial charge in [-0.25, -0.2) is 0 Å². The van der Waals surface area contributed by atoms with Crippen molar-refractivity contribution in [2.75, 3.05) is 12.3 Å². The lowest BCUT2D eigenvalue weighted by Gasteiger charge is -2.17. The van der Waals surface area contributed by atoms with E-state index >= 15 is 0 Å². The molecular formula is C11H19NO3S. The molecule has 0 radical (unpaired) electrons. The number of carbonyl (C=O) groups is 2. The van der Waals surface area contributed by atoms with E-state index in [2.05, 4.69) is 26.1 Å². The van der Waals surface area contributed by atoms with Crippen LogP contribution >= 0.6 is 11.8 Å². The van der Waals surface area contributed by atoms with Gasteiger partial charge in [0.05, 0.1) is 11.8 Å². The molecule has 92 valence electrons. The molecule has 0 aliphatic heterocycles. The van der Waals surface area contributed by atoms with Crippen molar-refractivity contribution >= 4 is 23.6 Å². The van der Waals surface area contributed by atoms with Gasteiger partial charge in [0.25, 0.3) is 0 Å². The molecule has 4 nitrogen and oxygen atoms in total. The fourth-order valence-corrected chi connectivity index (χ4v) is 2.24. The van der Waals surface area contributed by atoms with Crippen molar-refractivity contribution in [3.63, 3.8) is 0 Å². The fraction of sp³-hybridized carbons (Fsp3) is 0.818. The average molecular weight is 245 g/mol. The highest BCUT2D eigenvalue weighted by molar-refractivity contribution is 8.00. The van der Waals surface area contributed by atoms with E-state index in [0.717, 1.165) is 5.75 Å². The summed E-state index contributed by atoms with van der Waals surface area (Å²) in [5.41, 5.74) is 0. The van der Waals surface area contributed by atoms with Crippen LogP contribution in [0.15, 0.2) is 0 Å². The van der Waals surface area contributed by atoms with Crippen molar-refractivity contribution in [2.24, 2.45) is 11.8 Å². The van der Waals surface area contributed by atoms with Gasteiger partial charge in [-0.3, -0.25) is 9.59 Å². The van der Waals surface area contributed by atoms with Crippen molar-refractivity contribution in [2.45, 2.75) is 31.9 Å². The highest BCUT2D eigenvalue weighted by Gasteiger charge is 2.48. The van der Waals surface area contributed by atoms with E-state index < -0.39 is 11.9 Å². The van der Waals surface area contributed by atoms with Gasteiger partial charge in [-0.1, -0.05) is 20.8 Å². The SMILES string of the molecule is CC(C)(C)SCCNC(=O)[C@@H]1C[C@@H]1C(=O)O. The number of amides is 1. The Morgan fingerprint density at radius 3 is 2.44 bits per heavy atom. The topological polar surface area (TPSA) is 66.4 Å². The number of nitrogens with one attached hydrogen (secondary N) is 1. The van der Waals surface area contributed by atoms with Gasteiger partial charge in [0, 0.05) is 17.0 Å². The van der Waals surface area contributed by atoms with Gasteiger partial charge in [-0.15, -0.1) is 0 Å². The first-order valence-corrected chi connectivity index (χ1v) is 6.44. The Bertz CT molecular complexity index is 285. The number of carboxylic acid groups (broad SMARTS) is 1. The van der Waals surface area contributed by atoms with E-state index in [1.807, 2.05) is 0 Å². The molecule has 5 heteroatoms. The zero-order chi connectivity index (χ0) is 12.3. The second-order valence-electron chi connectivity index (χ2n) is 5.04.